The van der Waals surface area contributed by atoms with E-state index in [1.807, 2.05) is 20.9 Å². The van der Waals surface area contributed by atoms with Gasteiger partial charge in [0.25, 0.3) is 6.43 Å². The van der Waals surface area contributed by atoms with E-state index in [0.29, 0.717) is 12.2 Å². The van der Waals surface area contributed by atoms with Crippen LogP contribution < -0.4 is 5.32 Å². The Kier molecular flexibility index (Phi) is 6.07. The van der Waals surface area contributed by atoms with Crippen molar-refractivity contribution in [1.29, 1.82) is 0 Å². The molecule has 1 heterocycles. The number of alkyl halides is 2. The van der Waals surface area contributed by atoms with Crippen molar-refractivity contribution in [2.24, 2.45) is 0 Å². The second-order valence-corrected chi connectivity index (χ2v) is 4.04. The molecule has 0 bridgehead atoms. The van der Waals surface area contributed by atoms with Crippen molar-refractivity contribution < 1.29 is 13.5 Å². The van der Waals surface area contributed by atoms with Crippen LogP contribution in [0.4, 0.5) is 8.78 Å². The van der Waals surface area contributed by atoms with Gasteiger partial charge in [0.05, 0.1) is 6.61 Å². The lowest BCUT2D eigenvalue weighted by atomic mass is 10.1. The molecule has 0 radical (unpaired) electrons. The van der Waals surface area contributed by atoms with Crippen LogP contribution in [0.25, 0.3) is 0 Å². The molecule has 0 saturated carbocycles. The zero-order valence-corrected chi connectivity index (χ0v) is 11.0. The summed E-state index contributed by atoms with van der Waals surface area (Å²) < 4.78 is 28.5. The van der Waals surface area contributed by atoms with E-state index >= 15 is 0 Å². The van der Waals surface area contributed by atoms with E-state index in [0.717, 1.165) is 23.5 Å². The predicted molar refractivity (Wildman–Crippen MR) is 64.8 cm³/mol. The Bertz CT molecular complexity index is 363. The van der Waals surface area contributed by atoms with E-state index in [1.165, 1.54) is 0 Å². The molecule has 0 aliphatic carbocycles. The Morgan fingerprint density at radius 1 is 1.22 bits per heavy atom. The largest absolute Gasteiger partial charge is 0.375 e. The summed E-state index contributed by atoms with van der Waals surface area (Å²) in [6.45, 7) is 4.25. The molecule has 18 heavy (non-hydrogen) atoms. The normalized spacial score (nSPS) is 11.2. The van der Waals surface area contributed by atoms with Crippen molar-refractivity contribution in [1.82, 2.24) is 15.3 Å². The third-order valence-corrected chi connectivity index (χ3v) is 2.53. The number of aromatic nitrogens is 2. The van der Waals surface area contributed by atoms with Gasteiger partial charge in [-0.05, 0) is 20.9 Å². The fourth-order valence-electron chi connectivity index (χ4n) is 1.69. The van der Waals surface area contributed by atoms with Gasteiger partial charge < -0.3 is 10.1 Å². The molecule has 0 spiro atoms. The number of hydrogen-bond donors (Lipinski definition) is 1. The summed E-state index contributed by atoms with van der Waals surface area (Å²) in [6.07, 6.45) is -1.97. The molecule has 0 aromatic carbocycles. The molecule has 0 fully saturated rings. The van der Waals surface area contributed by atoms with Crippen molar-refractivity contribution in [3.8, 4) is 0 Å². The number of hydrogen-bond acceptors (Lipinski definition) is 4. The molecule has 4 nitrogen and oxygen atoms in total. The summed E-state index contributed by atoms with van der Waals surface area (Å²) in [5.41, 5.74) is 2.91. The summed E-state index contributed by atoms with van der Waals surface area (Å²) >= 11 is 0. The standard InChI is InChI=1S/C12H19F2N3O/c1-8-10(6-15-3)9(2)17-12(16-8)4-5-18-7-11(13)14/h11,15H,4-7H2,1-3H3. The average Bonchev–Trinajstić information content (AvgIpc) is 2.29. The lowest BCUT2D eigenvalue weighted by Gasteiger charge is -2.10. The Labute approximate surface area is 106 Å². The van der Waals surface area contributed by atoms with Crippen molar-refractivity contribution in [3.63, 3.8) is 0 Å². The number of ether oxygens (including phenoxy) is 1. The van der Waals surface area contributed by atoms with Gasteiger partial charge in [0.1, 0.15) is 12.4 Å². The molecular formula is C12H19F2N3O. The van der Waals surface area contributed by atoms with Crippen LogP contribution in [0.1, 0.15) is 22.8 Å². The van der Waals surface area contributed by atoms with Gasteiger partial charge in [-0.2, -0.15) is 0 Å². The molecule has 1 aromatic rings. The molecule has 0 unspecified atom stereocenters. The minimum Gasteiger partial charge on any atom is -0.375 e. The first kappa shape index (κ1) is 14.9. The van der Waals surface area contributed by atoms with Crippen molar-refractivity contribution in [3.05, 3.63) is 22.8 Å². The third kappa shape index (κ3) is 4.62. The van der Waals surface area contributed by atoms with Gasteiger partial charge in [-0.15, -0.1) is 0 Å². The van der Waals surface area contributed by atoms with Crippen LogP contribution in [-0.2, 0) is 17.7 Å². The summed E-state index contributed by atoms with van der Waals surface area (Å²) in [7, 11) is 1.87. The Morgan fingerprint density at radius 2 is 1.83 bits per heavy atom. The highest BCUT2D eigenvalue weighted by atomic mass is 19.3. The van der Waals surface area contributed by atoms with Crippen LogP contribution in [0, 0.1) is 13.8 Å². The summed E-state index contributed by atoms with van der Waals surface area (Å²) in [5, 5.41) is 3.06. The van der Waals surface area contributed by atoms with Crippen LogP contribution in [0.15, 0.2) is 0 Å². The molecule has 1 aromatic heterocycles. The van der Waals surface area contributed by atoms with E-state index < -0.39 is 13.0 Å². The first-order chi connectivity index (χ1) is 8.54. The Hall–Kier alpha value is -1.14. The second kappa shape index (κ2) is 7.33. The maximum atomic E-state index is 11.9. The van der Waals surface area contributed by atoms with E-state index in [9.17, 15) is 8.78 Å². The summed E-state index contributed by atoms with van der Waals surface area (Å²) in [4.78, 5) is 8.70. The maximum Gasteiger partial charge on any atom is 0.261 e. The van der Waals surface area contributed by atoms with Gasteiger partial charge in [-0.25, -0.2) is 18.7 Å². The molecule has 1 N–H and O–H groups in total. The number of nitrogens with zero attached hydrogens (tertiary/aromatic N) is 2. The van der Waals surface area contributed by atoms with Crippen LogP contribution in [0.5, 0.6) is 0 Å². The monoisotopic (exact) mass is 259 g/mol. The van der Waals surface area contributed by atoms with Gasteiger partial charge in [0.15, 0.2) is 0 Å². The molecule has 1 rings (SSSR count). The van der Waals surface area contributed by atoms with Crippen molar-refractivity contribution in [2.45, 2.75) is 33.2 Å². The first-order valence-electron chi connectivity index (χ1n) is 5.88. The number of rotatable bonds is 7. The smallest absolute Gasteiger partial charge is 0.261 e. The maximum absolute atomic E-state index is 11.9. The molecule has 6 heteroatoms. The van der Waals surface area contributed by atoms with E-state index in [-0.39, 0.29) is 6.61 Å². The number of halogens is 2. The average molecular weight is 259 g/mol. The molecule has 0 amide bonds. The Balaban J connectivity index is 2.57. The number of nitrogens with one attached hydrogen (secondary N) is 1. The van der Waals surface area contributed by atoms with Crippen molar-refractivity contribution >= 4 is 0 Å². The van der Waals surface area contributed by atoms with Crippen LogP contribution in [-0.4, -0.2) is 36.7 Å². The van der Waals surface area contributed by atoms with Gasteiger partial charge in [0, 0.05) is 29.9 Å². The first-order valence-corrected chi connectivity index (χ1v) is 5.88. The Morgan fingerprint density at radius 3 is 2.33 bits per heavy atom. The third-order valence-electron chi connectivity index (χ3n) is 2.53. The van der Waals surface area contributed by atoms with E-state index in [1.54, 1.807) is 0 Å². The second-order valence-electron chi connectivity index (χ2n) is 4.04. The topological polar surface area (TPSA) is 47.0 Å². The van der Waals surface area contributed by atoms with E-state index in [4.69, 9.17) is 4.74 Å². The highest BCUT2D eigenvalue weighted by molar-refractivity contribution is 5.24. The van der Waals surface area contributed by atoms with Gasteiger partial charge >= 0.3 is 0 Å². The zero-order valence-electron chi connectivity index (χ0n) is 11.0. The summed E-state index contributed by atoms with van der Waals surface area (Å²) in [5.74, 6) is 0.638. The van der Waals surface area contributed by atoms with Gasteiger partial charge in [-0.1, -0.05) is 0 Å². The molecule has 0 aliphatic heterocycles. The molecule has 0 saturated heterocycles. The molecular weight excluding hydrogens is 240 g/mol. The lowest BCUT2D eigenvalue weighted by molar-refractivity contribution is 0.0182. The lowest BCUT2D eigenvalue weighted by Crippen LogP contribution is -2.14. The van der Waals surface area contributed by atoms with Crippen LogP contribution >= 0.6 is 0 Å². The van der Waals surface area contributed by atoms with E-state index in [2.05, 4.69) is 15.3 Å². The van der Waals surface area contributed by atoms with Gasteiger partial charge in [0.2, 0.25) is 0 Å². The zero-order chi connectivity index (χ0) is 13.5. The highest BCUT2D eigenvalue weighted by Crippen LogP contribution is 2.10. The fourth-order valence-corrected chi connectivity index (χ4v) is 1.69. The SMILES string of the molecule is CNCc1c(C)nc(CCOCC(F)F)nc1C. The molecule has 102 valence electrons. The minimum atomic E-state index is -2.42. The summed E-state index contributed by atoms with van der Waals surface area (Å²) in [6, 6.07) is 0. The van der Waals surface area contributed by atoms with Crippen molar-refractivity contribution in [2.75, 3.05) is 20.3 Å². The van der Waals surface area contributed by atoms with Crippen LogP contribution in [0.3, 0.4) is 0 Å². The highest BCUT2D eigenvalue weighted by Gasteiger charge is 2.08. The fraction of sp³-hybridized carbons (Fsp3) is 0.667. The van der Waals surface area contributed by atoms with Gasteiger partial charge in [-0.3, -0.25) is 0 Å². The molecule has 0 atom stereocenters. The van der Waals surface area contributed by atoms with Crippen LogP contribution in [0.2, 0.25) is 0 Å². The minimum absolute atomic E-state index is 0.217. The molecule has 0 aliphatic rings. The number of aryl methyl sites for hydroxylation is 2. The quantitative estimate of drug-likeness (QED) is 0.756. The predicted octanol–water partition coefficient (Wildman–Crippen LogP) is 1.64.